The molecule has 21 heavy (non-hydrogen) atoms. The first kappa shape index (κ1) is 14.4. The van der Waals surface area contributed by atoms with Gasteiger partial charge in [-0.25, -0.2) is 0 Å². The lowest BCUT2D eigenvalue weighted by atomic mass is 9.89. The van der Waals surface area contributed by atoms with Crippen LogP contribution in [0.4, 0.5) is 0 Å². The standard InChI is InChI=1S/C17H23NO3/c1-11-9-13(17(19)20)7-8-18(11)16-6-4-12-3-5-14(21-2)10-15(12)16/h3,5,10-11,13,16H,4,6-9H2,1-2H3,(H,19,20). The van der Waals surface area contributed by atoms with E-state index >= 15 is 0 Å². The molecule has 1 aromatic rings. The van der Waals surface area contributed by atoms with Crippen LogP contribution >= 0.6 is 0 Å². The number of rotatable bonds is 3. The van der Waals surface area contributed by atoms with Gasteiger partial charge >= 0.3 is 5.97 Å². The summed E-state index contributed by atoms with van der Waals surface area (Å²) in [5.41, 5.74) is 2.78. The number of methoxy groups -OCH3 is 1. The fourth-order valence-corrected chi connectivity index (χ4v) is 3.91. The molecule has 1 fully saturated rings. The summed E-state index contributed by atoms with van der Waals surface area (Å²) >= 11 is 0. The van der Waals surface area contributed by atoms with E-state index in [0.717, 1.165) is 38.0 Å². The van der Waals surface area contributed by atoms with Crippen molar-refractivity contribution in [1.29, 1.82) is 0 Å². The van der Waals surface area contributed by atoms with E-state index in [-0.39, 0.29) is 5.92 Å². The van der Waals surface area contributed by atoms with Crippen molar-refractivity contribution in [3.63, 3.8) is 0 Å². The fraction of sp³-hybridized carbons (Fsp3) is 0.588. The number of aryl methyl sites for hydroxylation is 1. The predicted molar refractivity (Wildman–Crippen MR) is 80.6 cm³/mol. The van der Waals surface area contributed by atoms with Crippen molar-refractivity contribution in [2.24, 2.45) is 5.92 Å². The number of benzene rings is 1. The van der Waals surface area contributed by atoms with Crippen molar-refractivity contribution in [1.82, 2.24) is 4.90 Å². The molecule has 1 N–H and O–H groups in total. The predicted octanol–water partition coefficient (Wildman–Crippen LogP) is 2.87. The number of carboxylic acids is 1. The SMILES string of the molecule is COc1ccc2c(c1)C(N1CCC(C(=O)O)CC1C)CC2. The molecule has 0 radical (unpaired) electrons. The second-order valence-electron chi connectivity index (χ2n) is 6.27. The summed E-state index contributed by atoms with van der Waals surface area (Å²) < 4.78 is 5.35. The molecule has 3 atom stereocenters. The largest absolute Gasteiger partial charge is 0.497 e. The average molecular weight is 289 g/mol. The van der Waals surface area contributed by atoms with Crippen LogP contribution in [0, 0.1) is 5.92 Å². The summed E-state index contributed by atoms with van der Waals surface area (Å²) in [6.45, 7) is 3.03. The molecule has 0 spiro atoms. The van der Waals surface area contributed by atoms with Gasteiger partial charge in [0.2, 0.25) is 0 Å². The van der Waals surface area contributed by atoms with Crippen LogP contribution in [-0.4, -0.2) is 35.7 Å². The summed E-state index contributed by atoms with van der Waals surface area (Å²) in [5.74, 6) is 0.0890. The second kappa shape index (κ2) is 5.68. The smallest absolute Gasteiger partial charge is 0.306 e. The number of fused-ring (bicyclic) bond motifs is 1. The molecule has 4 nitrogen and oxygen atoms in total. The molecule has 4 heteroatoms. The van der Waals surface area contributed by atoms with Gasteiger partial charge in [-0.1, -0.05) is 6.07 Å². The molecule has 0 aromatic heterocycles. The first-order valence-corrected chi connectivity index (χ1v) is 7.75. The number of ether oxygens (including phenoxy) is 1. The van der Waals surface area contributed by atoms with Gasteiger partial charge in [-0.05, 0) is 62.4 Å². The lowest BCUT2D eigenvalue weighted by Gasteiger charge is -2.40. The average Bonchev–Trinajstić information content (AvgIpc) is 2.89. The van der Waals surface area contributed by atoms with Gasteiger partial charge in [-0.3, -0.25) is 9.69 Å². The molecular weight excluding hydrogens is 266 g/mol. The number of aliphatic carboxylic acids is 1. The molecule has 0 amide bonds. The maximum atomic E-state index is 11.2. The number of hydrogen-bond donors (Lipinski definition) is 1. The monoisotopic (exact) mass is 289 g/mol. The van der Waals surface area contributed by atoms with Gasteiger partial charge in [0, 0.05) is 12.1 Å². The van der Waals surface area contributed by atoms with Crippen molar-refractivity contribution in [3.8, 4) is 5.75 Å². The molecule has 1 aliphatic carbocycles. The molecule has 0 bridgehead atoms. The highest BCUT2D eigenvalue weighted by Crippen LogP contribution is 2.41. The number of piperidine rings is 1. The first-order chi connectivity index (χ1) is 10.1. The van der Waals surface area contributed by atoms with Crippen molar-refractivity contribution >= 4 is 5.97 Å². The number of nitrogens with zero attached hydrogens (tertiary/aromatic N) is 1. The van der Waals surface area contributed by atoms with Gasteiger partial charge < -0.3 is 9.84 Å². The molecule has 1 saturated heterocycles. The zero-order valence-electron chi connectivity index (χ0n) is 12.7. The molecule has 1 heterocycles. The summed E-state index contributed by atoms with van der Waals surface area (Å²) in [6, 6.07) is 7.09. The highest BCUT2D eigenvalue weighted by Gasteiger charge is 2.36. The van der Waals surface area contributed by atoms with Gasteiger partial charge in [0.05, 0.1) is 13.0 Å². The van der Waals surface area contributed by atoms with Gasteiger partial charge in [-0.15, -0.1) is 0 Å². The van der Waals surface area contributed by atoms with Crippen LogP contribution in [0.15, 0.2) is 18.2 Å². The highest BCUT2D eigenvalue weighted by atomic mass is 16.5. The van der Waals surface area contributed by atoms with Crippen LogP contribution in [-0.2, 0) is 11.2 Å². The fourth-order valence-electron chi connectivity index (χ4n) is 3.91. The first-order valence-electron chi connectivity index (χ1n) is 7.75. The Bertz CT molecular complexity index is 543. The summed E-state index contributed by atoms with van der Waals surface area (Å²) in [4.78, 5) is 13.7. The second-order valence-corrected chi connectivity index (χ2v) is 6.27. The van der Waals surface area contributed by atoms with E-state index in [2.05, 4.69) is 24.0 Å². The maximum Gasteiger partial charge on any atom is 0.306 e. The summed E-state index contributed by atoms with van der Waals surface area (Å²) in [7, 11) is 1.70. The Balaban J connectivity index is 1.79. The molecule has 3 unspecified atom stereocenters. The Labute approximate surface area is 125 Å². The molecule has 1 aliphatic heterocycles. The summed E-state index contributed by atoms with van der Waals surface area (Å²) in [6.07, 6.45) is 3.75. The van der Waals surface area contributed by atoms with Crippen LogP contribution in [0.25, 0.3) is 0 Å². The van der Waals surface area contributed by atoms with Crippen molar-refractivity contribution in [3.05, 3.63) is 29.3 Å². The van der Waals surface area contributed by atoms with E-state index in [0.29, 0.717) is 12.1 Å². The zero-order valence-corrected chi connectivity index (χ0v) is 12.7. The van der Waals surface area contributed by atoms with Gasteiger partial charge in [0.15, 0.2) is 0 Å². The van der Waals surface area contributed by atoms with Crippen LogP contribution in [0.1, 0.15) is 43.4 Å². The van der Waals surface area contributed by atoms with Gasteiger partial charge in [-0.2, -0.15) is 0 Å². The van der Waals surface area contributed by atoms with Crippen LogP contribution < -0.4 is 4.74 Å². The Hall–Kier alpha value is -1.55. The van der Waals surface area contributed by atoms with Crippen molar-refractivity contribution < 1.29 is 14.6 Å². The molecule has 2 aliphatic rings. The van der Waals surface area contributed by atoms with Crippen LogP contribution in [0.2, 0.25) is 0 Å². The molecule has 1 aromatic carbocycles. The summed E-state index contributed by atoms with van der Waals surface area (Å²) in [5, 5.41) is 9.20. The number of likely N-dealkylation sites (tertiary alicyclic amines) is 1. The lowest BCUT2D eigenvalue weighted by molar-refractivity contribution is -0.144. The third kappa shape index (κ3) is 2.64. The number of hydrogen-bond acceptors (Lipinski definition) is 3. The minimum absolute atomic E-state index is 0.178. The normalized spacial score (nSPS) is 29.1. The molecule has 0 saturated carbocycles. The Morgan fingerprint density at radius 2 is 2.19 bits per heavy atom. The Morgan fingerprint density at radius 3 is 2.86 bits per heavy atom. The van der Waals surface area contributed by atoms with E-state index < -0.39 is 5.97 Å². The van der Waals surface area contributed by atoms with Crippen LogP contribution in [0.5, 0.6) is 5.75 Å². The van der Waals surface area contributed by atoms with E-state index in [9.17, 15) is 9.90 Å². The Kier molecular flexibility index (Phi) is 3.89. The minimum atomic E-state index is -0.644. The van der Waals surface area contributed by atoms with E-state index in [1.54, 1.807) is 7.11 Å². The molecular formula is C17H23NO3. The Morgan fingerprint density at radius 1 is 1.38 bits per heavy atom. The topological polar surface area (TPSA) is 49.8 Å². The number of carboxylic acid groups (broad SMARTS) is 1. The third-order valence-corrected chi connectivity index (χ3v) is 5.08. The quantitative estimate of drug-likeness (QED) is 0.929. The number of carbonyl (C=O) groups is 1. The highest BCUT2D eigenvalue weighted by molar-refractivity contribution is 5.70. The minimum Gasteiger partial charge on any atom is -0.497 e. The maximum absolute atomic E-state index is 11.2. The zero-order chi connectivity index (χ0) is 15.0. The van der Waals surface area contributed by atoms with Crippen LogP contribution in [0.3, 0.4) is 0 Å². The van der Waals surface area contributed by atoms with Crippen molar-refractivity contribution in [2.75, 3.05) is 13.7 Å². The van der Waals surface area contributed by atoms with E-state index in [1.807, 2.05) is 6.07 Å². The lowest BCUT2D eigenvalue weighted by Crippen LogP contribution is -2.44. The molecule has 114 valence electrons. The van der Waals surface area contributed by atoms with E-state index in [4.69, 9.17) is 4.74 Å². The molecule has 3 rings (SSSR count). The van der Waals surface area contributed by atoms with E-state index in [1.165, 1.54) is 11.1 Å². The van der Waals surface area contributed by atoms with Gasteiger partial charge in [0.1, 0.15) is 5.75 Å². The van der Waals surface area contributed by atoms with Gasteiger partial charge in [0.25, 0.3) is 0 Å². The third-order valence-electron chi connectivity index (χ3n) is 5.08. The van der Waals surface area contributed by atoms with Crippen molar-refractivity contribution in [2.45, 2.75) is 44.7 Å².